The second kappa shape index (κ2) is 4.42. The minimum Gasteiger partial charge on any atom is -0.210 e. The Bertz CT molecular complexity index is 93.4. The maximum absolute atomic E-state index is 6.86. The van der Waals surface area contributed by atoms with Gasteiger partial charge in [0.05, 0.1) is 6.04 Å². The van der Waals surface area contributed by atoms with E-state index in [1.807, 2.05) is 0 Å². The number of hydrogen-bond acceptors (Lipinski definition) is 2. The number of rotatable bonds is 1. The third kappa shape index (κ3) is 2.46. The minimum absolute atomic E-state index is 0.236. The van der Waals surface area contributed by atoms with E-state index in [0.29, 0.717) is 0 Å². The van der Waals surface area contributed by atoms with E-state index in [9.17, 15) is 0 Å². The van der Waals surface area contributed by atoms with E-state index in [1.54, 1.807) is 0 Å². The zero-order valence-electron chi connectivity index (χ0n) is 6.34. The molecule has 1 aliphatic rings. The Morgan fingerprint density at radius 2 is 2.00 bits per heavy atom. The van der Waals surface area contributed by atoms with Crippen LogP contribution in [0.3, 0.4) is 0 Å². The number of nitrogens with zero attached hydrogens (tertiary/aromatic N) is 1. The summed E-state index contributed by atoms with van der Waals surface area (Å²) in [5.74, 6) is 0. The Morgan fingerprint density at radius 3 is 2.80 bits per heavy atom. The largest absolute Gasteiger partial charge is 0.210 e. The van der Waals surface area contributed by atoms with Crippen molar-refractivity contribution in [3.05, 3.63) is 6.42 Å². The first kappa shape index (κ1) is 7.70. The SMILES string of the molecule is N=NC1[CH]CCCCCC1. The summed E-state index contributed by atoms with van der Waals surface area (Å²) >= 11 is 0. The molecule has 0 amide bonds. The topological polar surface area (TPSA) is 36.2 Å². The van der Waals surface area contributed by atoms with Crippen LogP contribution in [0, 0.1) is 12.0 Å². The van der Waals surface area contributed by atoms with Gasteiger partial charge in [-0.2, -0.15) is 5.11 Å². The average Bonchev–Trinajstić information content (AvgIpc) is 1.87. The van der Waals surface area contributed by atoms with Gasteiger partial charge < -0.3 is 0 Å². The van der Waals surface area contributed by atoms with Crippen molar-refractivity contribution >= 4 is 0 Å². The van der Waals surface area contributed by atoms with E-state index in [0.717, 1.165) is 12.8 Å². The fraction of sp³-hybridized carbons (Fsp3) is 0.875. The van der Waals surface area contributed by atoms with Gasteiger partial charge in [0.15, 0.2) is 0 Å². The number of hydrogen-bond donors (Lipinski definition) is 1. The van der Waals surface area contributed by atoms with Gasteiger partial charge in [-0.05, 0) is 19.3 Å². The van der Waals surface area contributed by atoms with Gasteiger partial charge in [0.1, 0.15) is 0 Å². The quantitative estimate of drug-likeness (QED) is 0.542. The Hall–Kier alpha value is -0.400. The van der Waals surface area contributed by atoms with Crippen LogP contribution in [0.4, 0.5) is 0 Å². The van der Waals surface area contributed by atoms with Gasteiger partial charge in [-0.1, -0.05) is 25.7 Å². The van der Waals surface area contributed by atoms with E-state index in [2.05, 4.69) is 11.5 Å². The molecule has 1 fully saturated rings. The van der Waals surface area contributed by atoms with Gasteiger partial charge in [0, 0.05) is 0 Å². The molecule has 0 heterocycles. The zero-order chi connectivity index (χ0) is 7.23. The van der Waals surface area contributed by atoms with Crippen LogP contribution in [0.1, 0.15) is 38.5 Å². The van der Waals surface area contributed by atoms with E-state index < -0.39 is 0 Å². The van der Waals surface area contributed by atoms with E-state index in [4.69, 9.17) is 5.53 Å². The van der Waals surface area contributed by atoms with Crippen LogP contribution in [0.15, 0.2) is 5.11 Å². The Labute approximate surface area is 62.5 Å². The third-order valence-electron chi connectivity index (χ3n) is 2.06. The molecule has 1 aliphatic carbocycles. The van der Waals surface area contributed by atoms with Crippen molar-refractivity contribution in [1.82, 2.24) is 0 Å². The Balaban J connectivity index is 2.22. The lowest BCUT2D eigenvalue weighted by atomic mass is 9.97. The zero-order valence-corrected chi connectivity index (χ0v) is 6.34. The first-order chi connectivity index (χ1) is 4.93. The molecule has 0 saturated heterocycles. The molecule has 2 heteroatoms. The molecule has 57 valence electrons. The molecule has 1 atom stereocenters. The first-order valence-electron chi connectivity index (χ1n) is 4.13. The van der Waals surface area contributed by atoms with Crippen molar-refractivity contribution in [3.8, 4) is 0 Å². The normalized spacial score (nSPS) is 23.2. The molecule has 1 rings (SSSR count). The van der Waals surface area contributed by atoms with Crippen molar-refractivity contribution in [2.45, 2.75) is 44.6 Å². The summed E-state index contributed by atoms with van der Waals surface area (Å²) in [7, 11) is 0. The summed E-state index contributed by atoms with van der Waals surface area (Å²) in [6.45, 7) is 0. The highest BCUT2D eigenvalue weighted by Gasteiger charge is 2.08. The van der Waals surface area contributed by atoms with Crippen molar-refractivity contribution < 1.29 is 0 Å². The highest BCUT2D eigenvalue weighted by atomic mass is 15.0. The van der Waals surface area contributed by atoms with Gasteiger partial charge in [0.2, 0.25) is 0 Å². The molecule has 1 radical (unpaired) electrons. The second-order valence-electron chi connectivity index (χ2n) is 2.92. The van der Waals surface area contributed by atoms with Gasteiger partial charge >= 0.3 is 0 Å². The van der Waals surface area contributed by atoms with Gasteiger partial charge in [-0.25, -0.2) is 5.53 Å². The molecule has 0 bridgehead atoms. The lowest BCUT2D eigenvalue weighted by Crippen LogP contribution is -2.06. The molecule has 2 nitrogen and oxygen atoms in total. The van der Waals surface area contributed by atoms with E-state index in [-0.39, 0.29) is 6.04 Å². The van der Waals surface area contributed by atoms with Crippen LogP contribution in [-0.2, 0) is 0 Å². The molecular weight excluding hydrogens is 124 g/mol. The molecule has 10 heavy (non-hydrogen) atoms. The molecule has 0 spiro atoms. The average molecular weight is 139 g/mol. The minimum atomic E-state index is 0.236. The van der Waals surface area contributed by atoms with Crippen LogP contribution in [0.25, 0.3) is 0 Å². The van der Waals surface area contributed by atoms with Crippen molar-refractivity contribution in [1.29, 1.82) is 5.53 Å². The van der Waals surface area contributed by atoms with Gasteiger partial charge in [-0.15, -0.1) is 0 Å². The predicted molar refractivity (Wildman–Crippen MR) is 40.9 cm³/mol. The fourth-order valence-corrected chi connectivity index (χ4v) is 1.40. The molecule has 1 saturated carbocycles. The van der Waals surface area contributed by atoms with Gasteiger partial charge in [0.25, 0.3) is 0 Å². The Morgan fingerprint density at radius 1 is 1.20 bits per heavy atom. The van der Waals surface area contributed by atoms with Crippen molar-refractivity contribution in [2.75, 3.05) is 0 Å². The lowest BCUT2D eigenvalue weighted by molar-refractivity contribution is 0.508. The molecule has 1 unspecified atom stereocenters. The summed E-state index contributed by atoms with van der Waals surface area (Å²) < 4.78 is 0. The summed E-state index contributed by atoms with van der Waals surface area (Å²) in [6, 6.07) is 0.236. The summed E-state index contributed by atoms with van der Waals surface area (Å²) in [6.07, 6.45) is 9.69. The van der Waals surface area contributed by atoms with Gasteiger partial charge in [-0.3, -0.25) is 0 Å². The second-order valence-corrected chi connectivity index (χ2v) is 2.92. The van der Waals surface area contributed by atoms with Crippen LogP contribution in [0.2, 0.25) is 0 Å². The van der Waals surface area contributed by atoms with Crippen molar-refractivity contribution in [3.63, 3.8) is 0 Å². The summed E-state index contributed by atoms with van der Waals surface area (Å²) in [5, 5.41) is 3.54. The van der Waals surface area contributed by atoms with Crippen LogP contribution in [-0.4, -0.2) is 6.04 Å². The molecular formula is C8H15N2. The molecule has 0 aliphatic heterocycles. The molecule has 1 N–H and O–H groups in total. The Kier molecular flexibility index (Phi) is 3.41. The predicted octanol–water partition coefficient (Wildman–Crippen LogP) is 2.94. The third-order valence-corrected chi connectivity index (χ3v) is 2.06. The maximum atomic E-state index is 6.86. The monoisotopic (exact) mass is 139 g/mol. The molecule has 0 aromatic rings. The highest BCUT2D eigenvalue weighted by molar-refractivity contribution is 4.82. The van der Waals surface area contributed by atoms with E-state index in [1.165, 1.54) is 25.7 Å². The molecule has 0 aromatic heterocycles. The fourth-order valence-electron chi connectivity index (χ4n) is 1.40. The smallest absolute Gasteiger partial charge is 0.0737 e. The van der Waals surface area contributed by atoms with Crippen LogP contribution in [0.5, 0.6) is 0 Å². The maximum Gasteiger partial charge on any atom is 0.0737 e. The standard InChI is InChI=1S/C8H15N2/c9-10-8-6-4-2-1-3-5-7-8/h6,8-9H,1-5,7H2. The lowest BCUT2D eigenvalue weighted by Gasteiger charge is -2.12. The summed E-state index contributed by atoms with van der Waals surface area (Å²) in [4.78, 5) is 0. The van der Waals surface area contributed by atoms with Crippen molar-refractivity contribution in [2.24, 2.45) is 5.11 Å². The van der Waals surface area contributed by atoms with E-state index >= 15 is 0 Å². The number of nitrogens with one attached hydrogen (secondary N) is 1. The highest BCUT2D eigenvalue weighted by Crippen LogP contribution is 2.17. The first-order valence-corrected chi connectivity index (χ1v) is 4.13. The molecule has 0 aromatic carbocycles. The van der Waals surface area contributed by atoms with Crippen LogP contribution < -0.4 is 0 Å². The summed E-state index contributed by atoms with van der Waals surface area (Å²) in [5.41, 5.74) is 6.86. The van der Waals surface area contributed by atoms with Crippen LogP contribution >= 0.6 is 0 Å².